The molecule has 1 aromatic carbocycles. The van der Waals surface area contributed by atoms with Crippen LogP contribution in [0.3, 0.4) is 0 Å². The van der Waals surface area contributed by atoms with Gasteiger partial charge in [0, 0.05) is 25.8 Å². The van der Waals surface area contributed by atoms with Gasteiger partial charge in [-0.2, -0.15) is 0 Å². The fraction of sp³-hybridized carbons (Fsp3) is 0.417. The summed E-state index contributed by atoms with van der Waals surface area (Å²) in [6.45, 7) is 1.28. The first-order chi connectivity index (χ1) is 7.77. The van der Waals surface area contributed by atoms with Crippen LogP contribution in [-0.2, 0) is 4.74 Å². The first kappa shape index (κ1) is 12.5. The zero-order valence-electron chi connectivity index (χ0n) is 9.66. The van der Waals surface area contributed by atoms with Gasteiger partial charge in [-0.15, -0.1) is 0 Å². The summed E-state index contributed by atoms with van der Waals surface area (Å²) in [5.74, 6) is 0.676. The molecule has 88 valence electrons. The molecule has 0 spiro atoms. The number of ether oxygens (including phenoxy) is 2. The Hall–Kier alpha value is -1.55. The predicted octanol–water partition coefficient (Wildman–Crippen LogP) is 1.46. The van der Waals surface area contributed by atoms with Gasteiger partial charge in [0.05, 0.1) is 7.11 Å². The minimum atomic E-state index is -0.0706. The molecule has 1 rings (SSSR count). The maximum absolute atomic E-state index is 11.6. The summed E-state index contributed by atoms with van der Waals surface area (Å²) in [6.07, 6.45) is 0.818. The number of hydrogen-bond donors (Lipinski definition) is 1. The van der Waals surface area contributed by atoms with Gasteiger partial charge >= 0.3 is 0 Å². The van der Waals surface area contributed by atoms with Crippen LogP contribution in [-0.4, -0.2) is 33.3 Å². The lowest BCUT2D eigenvalue weighted by Gasteiger charge is -2.05. The van der Waals surface area contributed by atoms with Crippen LogP contribution in [0.1, 0.15) is 16.8 Å². The molecule has 0 unspecified atom stereocenters. The van der Waals surface area contributed by atoms with Gasteiger partial charge in [0.25, 0.3) is 5.91 Å². The Labute approximate surface area is 95.6 Å². The molecule has 4 heteroatoms. The van der Waals surface area contributed by atoms with Crippen molar-refractivity contribution in [1.29, 1.82) is 0 Å². The van der Waals surface area contributed by atoms with Gasteiger partial charge in [0.2, 0.25) is 0 Å². The fourth-order valence-corrected chi connectivity index (χ4v) is 1.26. The monoisotopic (exact) mass is 223 g/mol. The fourth-order valence-electron chi connectivity index (χ4n) is 1.26. The highest BCUT2D eigenvalue weighted by atomic mass is 16.5. The van der Waals surface area contributed by atoms with Gasteiger partial charge in [-0.25, -0.2) is 0 Å². The highest BCUT2D eigenvalue weighted by Crippen LogP contribution is 2.10. The lowest BCUT2D eigenvalue weighted by molar-refractivity contribution is 0.0948. The Kier molecular flexibility index (Phi) is 5.36. The SMILES string of the molecule is COCCCNC(=O)c1ccc(OC)cc1. The van der Waals surface area contributed by atoms with E-state index >= 15 is 0 Å². The highest BCUT2D eigenvalue weighted by Gasteiger charge is 2.03. The number of carbonyl (C=O) groups excluding carboxylic acids is 1. The van der Waals surface area contributed by atoms with Crippen molar-refractivity contribution in [3.63, 3.8) is 0 Å². The van der Waals surface area contributed by atoms with Crippen LogP contribution in [0.25, 0.3) is 0 Å². The number of rotatable bonds is 6. The first-order valence-electron chi connectivity index (χ1n) is 5.19. The van der Waals surface area contributed by atoms with E-state index in [0.29, 0.717) is 18.7 Å². The quantitative estimate of drug-likeness (QED) is 0.743. The van der Waals surface area contributed by atoms with Gasteiger partial charge in [0.15, 0.2) is 0 Å². The molecule has 0 radical (unpaired) electrons. The zero-order chi connectivity index (χ0) is 11.8. The number of nitrogens with one attached hydrogen (secondary N) is 1. The van der Waals surface area contributed by atoms with Gasteiger partial charge < -0.3 is 14.8 Å². The topological polar surface area (TPSA) is 47.6 Å². The molecule has 0 aliphatic heterocycles. The van der Waals surface area contributed by atoms with Crippen molar-refractivity contribution >= 4 is 5.91 Å². The molecule has 0 aliphatic carbocycles. The molecule has 1 N–H and O–H groups in total. The van der Waals surface area contributed by atoms with Gasteiger partial charge in [-0.1, -0.05) is 0 Å². The summed E-state index contributed by atoms with van der Waals surface area (Å²) in [6, 6.07) is 7.02. The molecule has 0 fully saturated rings. The third-order valence-corrected chi connectivity index (χ3v) is 2.16. The van der Waals surface area contributed by atoms with Crippen LogP contribution in [0.5, 0.6) is 5.75 Å². The third kappa shape index (κ3) is 3.90. The van der Waals surface area contributed by atoms with E-state index in [4.69, 9.17) is 9.47 Å². The van der Waals surface area contributed by atoms with Gasteiger partial charge in [0.1, 0.15) is 5.75 Å². The Morgan fingerprint density at radius 2 is 1.94 bits per heavy atom. The number of hydrogen-bond acceptors (Lipinski definition) is 3. The Bertz CT molecular complexity index is 322. The van der Waals surface area contributed by atoms with E-state index in [-0.39, 0.29) is 5.91 Å². The summed E-state index contributed by atoms with van der Waals surface area (Å²) >= 11 is 0. The number of amides is 1. The first-order valence-corrected chi connectivity index (χ1v) is 5.19. The number of benzene rings is 1. The molecule has 0 aliphatic rings. The van der Waals surface area contributed by atoms with Crippen molar-refractivity contribution in [3.05, 3.63) is 29.8 Å². The standard InChI is InChI=1S/C12H17NO3/c1-15-9-3-8-13-12(14)10-4-6-11(16-2)7-5-10/h4-7H,3,8-9H2,1-2H3,(H,13,14). The van der Waals surface area contributed by atoms with E-state index in [1.165, 1.54) is 0 Å². The van der Waals surface area contributed by atoms with Crippen molar-refractivity contribution < 1.29 is 14.3 Å². The smallest absolute Gasteiger partial charge is 0.251 e. The summed E-state index contributed by atoms with van der Waals surface area (Å²) in [5, 5.41) is 2.81. The molecule has 16 heavy (non-hydrogen) atoms. The van der Waals surface area contributed by atoms with Crippen LogP contribution in [0.15, 0.2) is 24.3 Å². The molecule has 0 atom stereocenters. The molecule has 0 aromatic heterocycles. The zero-order valence-corrected chi connectivity index (χ0v) is 9.66. The second kappa shape index (κ2) is 6.85. The molecule has 0 heterocycles. The summed E-state index contributed by atoms with van der Waals surface area (Å²) in [7, 11) is 3.24. The molecule has 0 saturated carbocycles. The number of carbonyl (C=O) groups is 1. The maximum Gasteiger partial charge on any atom is 0.251 e. The molecule has 4 nitrogen and oxygen atoms in total. The summed E-state index contributed by atoms with van der Waals surface area (Å²) in [4.78, 5) is 11.6. The Balaban J connectivity index is 2.40. The average molecular weight is 223 g/mol. The molecule has 0 saturated heterocycles. The van der Waals surface area contributed by atoms with Crippen molar-refractivity contribution in [3.8, 4) is 5.75 Å². The van der Waals surface area contributed by atoms with Crippen LogP contribution in [0.4, 0.5) is 0 Å². The third-order valence-electron chi connectivity index (χ3n) is 2.16. The minimum Gasteiger partial charge on any atom is -0.497 e. The Morgan fingerprint density at radius 1 is 1.25 bits per heavy atom. The maximum atomic E-state index is 11.6. The van der Waals surface area contributed by atoms with Crippen LogP contribution in [0.2, 0.25) is 0 Å². The largest absolute Gasteiger partial charge is 0.497 e. The van der Waals surface area contributed by atoms with Crippen LogP contribution < -0.4 is 10.1 Å². The minimum absolute atomic E-state index is 0.0706. The predicted molar refractivity (Wildman–Crippen MR) is 61.8 cm³/mol. The van der Waals surface area contributed by atoms with Crippen LogP contribution >= 0.6 is 0 Å². The van der Waals surface area contributed by atoms with E-state index in [0.717, 1.165) is 12.2 Å². The van der Waals surface area contributed by atoms with E-state index in [1.54, 1.807) is 38.5 Å². The highest BCUT2D eigenvalue weighted by molar-refractivity contribution is 5.94. The molecule has 0 bridgehead atoms. The van der Waals surface area contributed by atoms with E-state index in [2.05, 4.69) is 5.32 Å². The molecule has 1 aromatic rings. The average Bonchev–Trinajstić information content (AvgIpc) is 2.34. The van der Waals surface area contributed by atoms with Crippen molar-refractivity contribution in [2.75, 3.05) is 27.4 Å². The summed E-state index contributed by atoms with van der Waals surface area (Å²) < 4.78 is 9.91. The second-order valence-corrected chi connectivity index (χ2v) is 3.33. The summed E-state index contributed by atoms with van der Waals surface area (Å²) in [5.41, 5.74) is 0.637. The Morgan fingerprint density at radius 3 is 2.50 bits per heavy atom. The lowest BCUT2D eigenvalue weighted by Crippen LogP contribution is -2.25. The molecular weight excluding hydrogens is 206 g/mol. The second-order valence-electron chi connectivity index (χ2n) is 3.33. The van der Waals surface area contributed by atoms with Gasteiger partial charge in [-0.3, -0.25) is 4.79 Å². The lowest BCUT2D eigenvalue weighted by atomic mass is 10.2. The van der Waals surface area contributed by atoms with E-state index < -0.39 is 0 Å². The normalized spacial score (nSPS) is 9.88. The van der Waals surface area contributed by atoms with Crippen molar-refractivity contribution in [2.45, 2.75) is 6.42 Å². The van der Waals surface area contributed by atoms with Crippen molar-refractivity contribution in [2.24, 2.45) is 0 Å². The molecule has 1 amide bonds. The van der Waals surface area contributed by atoms with E-state index in [1.807, 2.05) is 0 Å². The number of methoxy groups -OCH3 is 2. The van der Waals surface area contributed by atoms with E-state index in [9.17, 15) is 4.79 Å². The molecular formula is C12H17NO3. The van der Waals surface area contributed by atoms with Gasteiger partial charge in [-0.05, 0) is 30.7 Å². The van der Waals surface area contributed by atoms with Crippen molar-refractivity contribution in [1.82, 2.24) is 5.32 Å². The van der Waals surface area contributed by atoms with Crippen LogP contribution in [0, 0.1) is 0 Å².